The molecule has 0 saturated carbocycles. The van der Waals surface area contributed by atoms with Gasteiger partial charge in [0.05, 0.1) is 19.8 Å². The molecule has 0 rings (SSSR count). The highest BCUT2D eigenvalue weighted by molar-refractivity contribution is 4.37. The molecule has 0 saturated heterocycles. The Morgan fingerprint density at radius 3 is 2.31 bits per heavy atom. The highest BCUT2D eigenvalue weighted by Gasteiger charge is 1.95. The predicted octanol–water partition coefficient (Wildman–Crippen LogP) is 0.520. The minimum atomic E-state index is -1.37. The minimum Gasteiger partial charge on any atom is -0.379 e. The van der Waals surface area contributed by atoms with E-state index in [0.29, 0.717) is 13.2 Å². The summed E-state index contributed by atoms with van der Waals surface area (Å²) in [5.74, 6) is 0. The van der Waals surface area contributed by atoms with Gasteiger partial charge in [0.1, 0.15) is 0 Å². The molecule has 0 radical (unpaired) electrons. The van der Waals surface area contributed by atoms with Crippen molar-refractivity contribution in [1.82, 2.24) is 0 Å². The minimum absolute atomic E-state index is 0.0433. The van der Waals surface area contributed by atoms with Gasteiger partial charge in [-0.1, -0.05) is 19.8 Å². The second-order valence-electron chi connectivity index (χ2n) is 2.88. The fourth-order valence-electron chi connectivity index (χ4n) is 0.863. The summed E-state index contributed by atoms with van der Waals surface area (Å²) < 4.78 is 10.1. The lowest BCUT2D eigenvalue weighted by Gasteiger charge is -2.06. The van der Waals surface area contributed by atoms with Crippen molar-refractivity contribution in [1.29, 1.82) is 0 Å². The summed E-state index contributed by atoms with van der Waals surface area (Å²) in [6, 6.07) is 0. The number of unbranched alkanes of at least 4 members (excludes halogenated alkanes) is 2. The van der Waals surface area contributed by atoms with Gasteiger partial charge in [-0.15, -0.1) is 0 Å². The Hall–Kier alpha value is -0.160. The van der Waals surface area contributed by atoms with Crippen molar-refractivity contribution in [2.45, 2.75) is 32.5 Å². The summed E-state index contributed by atoms with van der Waals surface area (Å²) >= 11 is 0. The molecule has 4 nitrogen and oxygen atoms in total. The van der Waals surface area contributed by atoms with E-state index < -0.39 is 6.29 Å². The van der Waals surface area contributed by atoms with Crippen LogP contribution < -0.4 is 0 Å². The Balaban J connectivity index is 2.84. The molecule has 80 valence electrons. The molecule has 2 N–H and O–H groups in total. The van der Waals surface area contributed by atoms with Crippen LogP contribution in [0.4, 0.5) is 0 Å². The number of hydrogen-bond acceptors (Lipinski definition) is 4. The zero-order valence-electron chi connectivity index (χ0n) is 8.24. The van der Waals surface area contributed by atoms with E-state index in [2.05, 4.69) is 6.92 Å². The van der Waals surface area contributed by atoms with Gasteiger partial charge in [-0.05, 0) is 6.42 Å². The third-order valence-corrected chi connectivity index (χ3v) is 1.53. The van der Waals surface area contributed by atoms with Gasteiger partial charge in [0, 0.05) is 6.61 Å². The number of hydrogen-bond donors (Lipinski definition) is 2. The Kier molecular flexibility index (Phi) is 9.80. The maximum atomic E-state index is 8.41. The molecule has 0 spiro atoms. The number of ether oxygens (including phenoxy) is 2. The summed E-state index contributed by atoms with van der Waals surface area (Å²) in [4.78, 5) is 0. The van der Waals surface area contributed by atoms with Gasteiger partial charge < -0.3 is 19.7 Å². The van der Waals surface area contributed by atoms with E-state index in [4.69, 9.17) is 19.7 Å². The smallest absolute Gasteiger partial charge is 0.175 e. The second kappa shape index (κ2) is 9.92. The zero-order chi connectivity index (χ0) is 9.94. The Labute approximate surface area is 79.5 Å². The average Bonchev–Trinajstić information content (AvgIpc) is 2.09. The lowest BCUT2D eigenvalue weighted by Crippen LogP contribution is -2.16. The van der Waals surface area contributed by atoms with Crippen LogP contribution in [0.3, 0.4) is 0 Å². The van der Waals surface area contributed by atoms with E-state index >= 15 is 0 Å². The van der Waals surface area contributed by atoms with Crippen LogP contribution in [0.5, 0.6) is 0 Å². The topological polar surface area (TPSA) is 58.9 Å². The standard InChI is InChI=1S/C9H20O4/c1-2-3-4-5-12-6-7-13-8-9(10)11/h9-11H,2-8H2,1H3. The van der Waals surface area contributed by atoms with Crippen molar-refractivity contribution in [3.05, 3.63) is 0 Å². The molecule has 0 aromatic rings. The van der Waals surface area contributed by atoms with Gasteiger partial charge >= 0.3 is 0 Å². The molecule has 0 aliphatic rings. The van der Waals surface area contributed by atoms with Gasteiger partial charge in [0.25, 0.3) is 0 Å². The SMILES string of the molecule is CCCCCOCCOCC(O)O. The van der Waals surface area contributed by atoms with Crippen LogP contribution in [0.1, 0.15) is 26.2 Å². The normalized spacial score (nSPS) is 11.1. The lowest BCUT2D eigenvalue weighted by molar-refractivity contribution is -0.100. The highest BCUT2D eigenvalue weighted by Crippen LogP contribution is 1.93. The van der Waals surface area contributed by atoms with E-state index in [0.717, 1.165) is 13.0 Å². The van der Waals surface area contributed by atoms with Crippen LogP contribution in [0.2, 0.25) is 0 Å². The van der Waals surface area contributed by atoms with Gasteiger partial charge in [0.2, 0.25) is 0 Å². The molecule has 0 aliphatic heterocycles. The first-order valence-electron chi connectivity index (χ1n) is 4.79. The quantitative estimate of drug-likeness (QED) is 0.413. The van der Waals surface area contributed by atoms with Crippen molar-refractivity contribution in [2.75, 3.05) is 26.4 Å². The largest absolute Gasteiger partial charge is 0.379 e. The molecule has 0 heterocycles. The maximum Gasteiger partial charge on any atom is 0.175 e. The number of rotatable bonds is 9. The van der Waals surface area contributed by atoms with Crippen LogP contribution in [-0.2, 0) is 9.47 Å². The number of aliphatic hydroxyl groups is 2. The van der Waals surface area contributed by atoms with Gasteiger partial charge in [-0.3, -0.25) is 0 Å². The van der Waals surface area contributed by atoms with Gasteiger partial charge in [0.15, 0.2) is 6.29 Å². The Morgan fingerprint density at radius 1 is 1.00 bits per heavy atom. The van der Waals surface area contributed by atoms with Crippen molar-refractivity contribution in [3.63, 3.8) is 0 Å². The predicted molar refractivity (Wildman–Crippen MR) is 49.4 cm³/mol. The van der Waals surface area contributed by atoms with E-state index in [1.54, 1.807) is 0 Å². The van der Waals surface area contributed by atoms with Crippen LogP contribution in [0, 0.1) is 0 Å². The van der Waals surface area contributed by atoms with Crippen molar-refractivity contribution >= 4 is 0 Å². The zero-order valence-corrected chi connectivity index (χ0v) is 8.24. The average molecular weight is 192 g/mol. The molecule has 0 amide bonds. The first-order chi connectivity index (χ1) is 6.27. The number of aliphatic hydroxyl groups excluding tert-OH is 1. The molecule has 0 aromatic heterocycles. The highest BCUT2D eigenvalue weighted by atomic mass is 16.6. The van der Waals surface area contributed by atoms with E-state index in [1.807, 2.05) is 0 Å². The third-order valence-electron chi connectivity index (χ3n) is 1.53. The fourth-order valence-corrected chi connectivity index (χ4v) is 0.863. The van der Waals surface area contributed by atoms with E-state index in [9.17, 15) is 0 Å². The molecule has 4 heteroatoms. The first kappa shape index (κ1) is 12.8. The van der Waals surface area contributed by atoms with Crippen molar-refractivity contribution in [2.24, 2.45) is 0 Å². The molecular formula is C9H20O4. The molecule has 0 bridgehead atoms. The maximum absolute atomic E-state index is 8.41. The van der Waals surface area contributed by atoms with Crippen LogP contribution in [-0.4, -0.2) is 42.9 Å². The summed E-state index contributed by atoms with van der Waals surface area (Å²) in [5.41, 5.74) is 0. The van der Waals surface area contributed by atoms with E-state index in [1.165, 1.54) is 12.8 Å². The van der Waals surface area contributed by atoms with Crippen molar-refractivity contribution < 1.29 is 19.7 Å². The Morgan fingerprint density at radius 2 is 1.69 bits per heavy atom. The molecule has 0 fully saturated rings. The van der Waals surface area contributed by atoms with Crippen LogP contribution in [0.15, 0.2) is 0 Å². The fraction of sp³-hybridized carbons (Fsp3) is 1.00. The monoisotopic (exact) mass is 192 g/mol. The van der Waals surface area contributed by atoms with Gasteiger partial charge in [-0.25, -0.2) is 0 Å². The molecule has 0 unspecified atom stereocenters. The van der Waals surface area contributed by atoms with E-state index in [-0.39, 0.29) is 6.61 Å². The van der Waals surface area contributed by atoms with Crippen LogP contribution >= 0.6 is 0 Å². The molecule has 13 heavy (non-hydrogen) atoms. The molecule has 0 atom stereocenters. The summed E-state index contributed by atoms with van der Waals surface area (Å²) in [6.45, 7) is 3.81. The van der Waals surface area contributed by atoms with Crippen molar-refractivity contribution in [3.8, 4) is 0 Å². The van der Waals surface area contributed by atoms with Crippen LogP contribution in [0.25, 0.3) is 0 Å². The molecular weight excluding hydrogens is 172 g/mol. The lowest BCUT2D eigenvalue weighted by atomic mass is 10.3. The molecule has 0 aromatic carbocycles. The Bertz CT molecular complexity index is 95.6. The summed E-state index contributed by atoms with van der Waals surface area (Å²) in [6.07, 6.45) is 2.09. The molecule has 0 aliphatic carbocycles. The van der Waals surface area contributed by atoms with Gasteiger partial charge in [-0.2, -0.15) is 0 Å². The third kappa shape index (κ3) is 11.8. The second-order valence-corrected chi connectivity index (χ2v) is 2.88. The first-order valence-corrected chi connectivity index (χ1v) is 4.79. The summed E-state index contributed by atoms with van der Waals surface area (Å²) in [5, 5.41) is 16.8. The summed E-state index contributed by atoms with van der Waals surface area (Å²) in [7, 11) is 0.